The molecule has 0 saturated carbocycles. The fraction of sp³-hybridized carbons (Fsp3) is 0.214. The van der Waals surface area contributed by atoms with E-state index in [4.69, 9.17) is 16.0 Å². The molecule has 0 amide bonds. The van der Waals surface area contributed by atoms with Crippen molar-refractivity contribution in [1.82, 2.24) is 0 Å². The number of aliphatic carboxylic acids is 1. The van der Waals surface area contributed by atoms with Crippen LogP contribution in [0.3, 0.4) is 0 Å². The molecule has 2 aromatic rings. The first-order chi connectivity index (χ1) is 8.66. The van der Waals surface area contributed by atoms with E-state index in [1.165, 1.54) is 0 Å². The van der Waals surface area contributed by atoms with Crippen LogP contribution in [-0.2, 0) is 17.6 Å². The van der Waals surface area contributed by atoms with Gasteiger partial charge in [-0.1, -0.05) is 29.8 Å². The summed E-state index contributed by atoms with van der Waals surface area (Å²) in [5.41, 5.74) is 0.845. The smallest absolute Gasteiger partial charge is 0.307 e. The quantitative estimate of drug-likeness (QED) is 0.900. The number of hydrogen-bond donors (Lipinski definition) is 1. The fourth-order valence-electron chi connectivity index (χ4n) is 1.85. The number of furan rings is 1. The first-order valence-corrected chi connectivity index (χ1v) is 6.03. The molecule has 0 radical (unpaired) electrons. The van der Waals surface area contributed by atoms with Gasteiger partial charge in [0.25, 0.3) is 0 Å². The van der Waals surface area contributed by atoms with Gasteiger partial charge < -0.3 is 9.52 Å². The standard InChI is InChI=1S/C14H13ClO3/c15-13-6-2-1-4-10(13)8-11(14(16)17)9-12-5-3-7-18-12/h1-7,11H,8-9H2,(H,16,17). The number of halogens is 1. The second kappa shape index (κ2) is 5.74. The maximum atomic E-state index is 11.3. The second-order valence-corrected chi connectivity index (χ2v) is 4.52. The van der Waals surface area contributed by atoms with E-state index in [0.29, 0.717) is 23.6 Å². The Labute approximate surface area is 110 Å². The Morgan fingerprint density at radius 3 is 2.61 bits per heavy atom. The van der Waals surface area contributed by atoms with Crippen LogP contribution in [-0.4, -0.2) is 11.1 Å². The molecule has 94 valence electrons. The van der Waals surface area contributed by atoms with Crippen LogP contribution in [0.4, 0.5) is 0 Å². The van der Waals surface area contributed by atoms with Gasteiger partial charge in [-0.15, -0.1) is 0 Å². The first-order valence-electron chi connectivity index (χ1n) is 5.65. The number of hydrogen-bond acceptors (Lipinski definition) is 2. The summed E-state index contributed by atoms with van der Waals surface area (Å²) in [4.78, 5) is 11.3. The van der Waals surface area contributed by atoms with E-state index in [2.05, 4.69) is 0 Å². The summed E-state index contributed by atoms with van der Waals surface area (Å²) in [5, 5.41) is 9.84. The lowest BCUT2D eigenvalue weighted by molar-refractivity contribution is -0.141. The number of carboxylic acid groups (broad SMARTS) is 1. The molecule has 1 atom stereocenters. The summed E-state index contributed by atoms with van der Waals surface area (Å²) in [6.07, 6.45) is 2.31. The monoisotopic (exact) mass is 264 g/mol. The lowest BCUT2D eigenvalue weighted by atomic mass is 9.95. The number of rotatable bonds is 5. The van der Waals surface area contributed by atoms with E-state index in [9.17, 15) is 9.90 Å². The lowest BCUT2D eigenvalue weighted by Gasteiger charge is -2.11. The molecule has 18 heavy (non-hydrogen) atoms. The van der Waals surface area contributed by atoms with Gasteiger partial charge in [0.1, 0.15) is 5.76 Å². The highest BCUT2D eigenvalue weighted by Crippen LogP contribution is 2.21. The van der Waals surface area contributed by atoms with Gasteiger partial charge in [-0.2, -0.15) is 0 Å². The number of carbonyl (C=O) groups is 1. The molecular formula is C14H13ClO3. The molecule has 0 spiro atoms. The Hall–Kier alpha value is -1.74. The largest absolute Gasteiger partial charge is 0.481 e. The molecule has 1 unspecified atom stereocenters. The molecule has 0 fully saturated rings. The molecule has 0 aliphatic rings. The summed E-state index contributed by atoms with van der Waals surface area (Å²) in [6, 6.07) is 10.8. The van der Waals surface area contributed by atoms with E-state index in [1.807, 2.05) is 18.2 Å². The third-order valence-corrected chi connectivity index (χ3v) is 3.17. The highest BCUT2D eigenvalue weighted by molar-refractivity contribution is 6.31. The van der Waals surface area contributed by atoms with Crippen LogP contribution in [0.5, 0.6) is 0 Å². The minimum Gasteiger partial charge on any atom is -0.481 e. The normalized spacial score (nSPS) is 12.3. The van der Waals surface area contributed by atoms with Crippen molar-refractivity contribution in [2.75, 3.05) is 0 Å². The molecule has 1 heterocycles. The van der Waals surface area contributed by atoms with Crippen molar-refractivity contribution >= 4 is 17.6 Å². The van der Waals surface area contributed by atoms with E-state index in [0.717, 1.165) is 5.56 Å². The second-order valence-electron chi connectivity index (χ2n) is 4.11. The van der Waals surface area contributed by atoms with Crippen molar-refractivity contribution in [2.45, 2.75) is 12.8 Å². The van der Waals surface area contributed by atoms with Gasteiger partial charge in [-0.25, -0.2) is 0 Å². The van der Waals surface area contributed by atoms with E-state index < -0.39 is 11.9 Å². The Morgan fingerprint density at radius 2 is 2.00 bits per heavy atom. The zero-order chi connectivity index (χ0) is 13.0. The Kier molecular flexibility index (Phi) is 4.05. The Bertz CT molecular complexity index is 520. The molecule has 0 bridgehead atoms. The molecule has 4 heteroatoms. The molecule has 0 saturated heterocycles. The number of benzene rings is 1. The summed E-state index contributed by atoms with van der Waals surface area (Å²) in [7, 11) is 0. The highest BCUT2D eigenvalue weighted by Gasteiger charge is 2.20. The molecule has 1 N–H and O–H groups in total. The van der Waals surface area contributed by atoms with Crippen molar-refractivity contribution in [1.29, 1.82) is 0 Å². The van der Waals surface area contributed by atoms with Crippen LogP contribution in [0.15, 0.2) is 47.1 Å². The third kappa shape index (κ3) is 3.14. The van der Waals surface area contributed by atoms with Crippen LogP contribution in [0.25, 0.3) is 0 Å². The lowest BCUT2D eigenvalue weighted by Crippen LogP contribution is -2.19. The van der Waals surface area contributed by atoms with Crippen molar-refractivity contribution in [2.24, 2.45) is 5.92 Å². The molecular weight excluding hydrogens is 252 g/mol. The van der Waals surface area contributed by atoms with E-state index in [1.54, 1.807) is 24.5 Å². The minimum absolute atomic E-state index is 0.369. The summed E-state index contributed by atoms with van der Waals surface area (Å²) >= 11 is 6.04. The van der Waals surface area contributed by atoms with Gasteiger partial charge in [0.15, 0.2) is 0 Å². The van der Waals surface area contributed by atoms with Crippen LogP contribution in [0, 0.1) is 5.92 Å². The van der Waals surface area contributed by atoms with Crippen LogP contribution >= 0.6 is 11.6 Å². The maximum absolute atomic E-state index is 11.3. The van der Waals surface area contributed by atoms with Crippen molar-refractivity contribution < 1.29 is 14.3 Å². The van der Waals surface area contributed by atoms with Gasteiger partial charge in [0.05, 0.1) is 12.2 Å². The van der Waals surface area contributed by atoms with Gasteiger partial charge in [-0.05, 0) is 30.2 Å². The minimum atomic E-state index is -0.841. The maximum Gasteiger partial charge on any atom is 0.307 e. The van der Waals surface area contributed by atoms with Crippen LogP contribution < -0.4 is 0 Å². The van der Waals surface area contributed by atoms with Crippen molar-refractivity contribution in [3.63, 3.8) is 0 Å². The molecule has 1 aromatic heterocycles. The van der Waals surface area contributed by atoms with Gasteiger partial charge >= 0.3 is 5.97 Å². The molecule has 2 rings (SSSR count). The average Bonchev–Trinajstić information content (AvgIpc) is 2.83. The summed E-state index contributed by atoms with van der Waals surface area (Å²) in [6.45, 7) is 0. The predicted molar refractivity (Wildman–Crippen MR) is 68.7 cm³/mol. The fourth-order valence-corrected chi connectivity index (χ4v) is 2.06. The zero-order valence-electron chi connectivity index (χ0n) is 9.67. The Morgan fingerprint density at radius 1 is 1.22 bits per heavy atom. The third-order valence-electron chi connectivity index (χ3n) is 2.80. The van der Waals surface area contributed by atoms with Crippen molar-refractivity contribution in [3.8, 4) is 0 Å². The zero-order valence-corrected chi connectivity index (χ0v) is 10.4. The van der Waals surface area contributed by atoms with Crippen LogP contribution in [0.2, 0.25) is 5.02 Å². The Balaban J connectivity index is 2.12. The molecule has 0 aliphatic heterocycles. The van der Waals surface area contributed by atoms with Gasteiger partial charge in [0.2, 0.25) is 0 Å². The van der Waals surface area contributed by atoms with E-state index >= 15 is 0 Å². The van der Waals surface area contributed by atoms with Gasteiger partial charge in [0, 0.05) is 11.4 Å². The van der Waals surface area contributed by atoms with Crippen molar-refractivity contribution in [3.05, 3.63) is 59.0 Å². The molecule has 0 aliphatic carbocycles. The topological polar surface area (TPSA) is 50.4 Å². The highest BCUT2D eigenvalue weighted by atomic mass is 35.5. The first kappa shape index (κ1) is 12.7. The summed E-state index contributed by atoms with van der Waals surface area (Å²) < 4.78 is 5.19. The SMILES string of the molecule is O=C(O)C(Cc1ccco1)Cc1ccccc1Cl. The molecule has 3 nitrogen and oxygen atoms in total. The van der Waals surface area contributed by atoms with E-state index in [-0.39, 0.29) is 0 Å². The number of carboxylic acids is 1. The van der Waals surface area contributed by atoms with Gasteiger partial charge in [-0.3, -0.25) is 4.79 Å². The average molecular weight is 265 g/mol. The summed E-state index contributed by atoms with van der Waals surface area (Å²) in [5.74, 6) is -0.697. The predicted octanol–water partition coefficient (Wildman–Crippen LogP) is 3.42. The van der Waals surface area contributed by atoms with Crippen LogP contribution in [0.1, 0.15) is 11.3 Å². The molecule has 1 aromatic carbocycles.